The first-order chi connectivity index (χ1) is 7.25. The minimum absolute atomic E-state index is 0.265. The SMILES string of the molecule is CC1N=C(CCc2ccccc2)C(=O)O1. The van der Waals surface area contributed by atoms with Crippen LogP contribution >= 0.6 is 0 Å². The molecule has 0 radical (unpaired) electrons. The van der Waals surface area contributed by atoms with Gasteiger partial charge in [0.15, 0.2) is 6.23 Å². The minimum Gasteiger partial charge on any atom is -0.436 e. The van der Waals surface area contributed by atoms with Crippen LogP contribution in [0.5, 0.6) is 0 Å². The van der Waals surface area contributed by atoms with Crippen LogP contribution in [-0.2, 0) is 16.0 Å². The molecule has 1 aliphatic rings. The van der Waals surface area contributed by atoms with Gasteiger partial charge in [0.25, 0.3) is 0 Å². The van der Waals surface area contributed by atoms with Crippen LogP contribution in [0.3, 0.4) is 0 Å². The van der Waals surface area contributed by atoms with Crippen molar-refractivity contribution in [2.75, 3.05) is 0 Å². The van der Waals surface area contributed by atoms with Crippen molar-refractivity contribution in [3.63, 3.8) is 0 Å². The number of cyclic esters (lactones) is 1. The highest BCUT2D eigenvalue weighted by Gasteiger charge is 2.23. The average Bonchev–Trinajstić information content (AvgIpc) is 2.56. The van der Waals surface area contributed by atoms with Gasteiger partial charge in [-0.3, -0.25) is 0 Å². The van der Waals surface area contributed by atoms with Crippen LogP contribution in [0.25, 0.3) is 0 Å². The Labute approximate surface area is 88.8 Å². The number of nitrogens with zero attached hydrogens (tertiary/aromatic N) is 1. The largest absolute Gasteiger partial charge is 0.436 e. The van der Waals surface area contributed by atoms with E-state index in [0.29, 0.717) is 12.1 Å². The molecule has 1 aliphatic heterocycles. The molecule has 1 aromatic rings. The smallest absolute Gasteiger partial charge is 0.354 e. The molecular weight excluding hydrogens is 190 g/mol. The second kappa shape index (κ2) is 4.26. The fourth-order valence-electron chi connectivity index (χ4n) is 1.60. The molecule has 15 heavy (non-hydrogen) atoms. The summed E-state index contributed by atoms with van der Waals surface area (Å²) in [5.41, 5.74) is 1.78. The molecule has 0 spiro atoms. The maximum atomic E-state index is 11.3. The highest BCUT2D eigenvalue weighted by atomic mass is 16.6. The maximum absolute atomic E-state index is 11.3. The van der Waals surface area contributed by atoms with Crippen molar-refractivity contribution in [2.45, 2.75) is 26.0 Å². The lowest BCUT2D eigenvalue weighted by Crippen LogP contribution is -2.11. The molecular formula is C12H13NO2. The molecule has 1 heterocycles. The van der Waals surface area contributed by atoms with E-state index >= 15 is 0 Å². The average molecular weight is 203 g/mol. The first kappa shape index (κ1) is 9.90. The summed E-state index contributed by atoms with van der Waals surface area (Å²) >= 11 is 0. The zero-order valence-electron chi connectivity index (χ0n) is 8.64. The van der Waals surface area contributed by atoms with Gasteiger partial charge in [0, 0.05) is 6.42 Å². The predicted molar refractivity (Wildman–Crippen MR) is 57.8 cm³/mol. The van der Waals surface area contributed by atoms with Crippen molar-refractivity contribution < 1.29 is 9.53 Å². The highest BCUT2D eigenvalue weighted by Crippen LogP contribution is 2.11. The molecule has 1 aromatic carbocycles. The number of esters is 1. The normalized spacial score (nSPS) is 19.9. The molecule has 0 bridgehead atoms. The Morgan fingerprint density at radius 1 is 1.27 bits per heavy atom. The quantitative estimate of drug-likeness (QED) is 0.704. The molecule has 1 atom stereocenters. The first-order valence-corrected chi connectivity index (χ1v) is 5.07. The summed E-state index contributed by atoms with van der Waals surface area (Å²) in [6.07, 6.45) is 1.19. The number of benzene rings is 1. The Bertz CT molecular complexity index is 384. The standard InChI is InChI=1S/C12H13NO2/c1-9-13-11(12(14)15-9)8-7-10-5-3-2-4-6-10/h2-6,9H,7-8H2,1H3. The summed E-state index contributed by atoms with van der Waals surface area (Å²) in [6.45, 7) is 1.77. The van der Waals surface area contributed by atoms with Crippen molar-refractivity contribution >= 4 is 11.7 Å². The number of aryl methyl sites for hydroxylation is 1. The van der Waals surface area contributed by atoms with Crippen LogP contribution in [0.2, 0.25) is 0 Å². The topological polar surface area (TPSA) is 38.7 Å². The molecule has 0 N–H and O–H groups in total. The highest BCUT2D eigenvalue weighted by molar-refractivity contribution is 6.37. The van der Waals surface area contributed by atoms with E-state index in [2.05, 4.69) is 4.99 Å². The lowest BCUT2D eigenvalue weighted by atomic mass is 10.1. The van der Waals surface area contributed by atoms with E-state index < -0.39 is 0 Å². The Kier molecular flexibility index (Phi) is 2.81. The van der Waals surface area contributed by atoms with Crippen LogP contribution in [0.4, 0.5) is 0 Å². The van der Waals surface area contributed by atoms with Crippen molar-refractivity contribution in [3.8, 4) is 0 Å². The van der Waals surface area contributed by atoms with Gasteiger partial charge in [0.05, 0.1) is 0 Å². The lowest BCUT2D eigenvalue weighted by Gasteiger charge is -1.98. The molecule has 0 aliphatic carbocycles. The Morgan fingerprint density at radius 2 is 2.00 bits per heavy atom. The fraction of sp³-hybridized carbons (Fsp3) is 0.333. The third kappa shape index (κ3) is 2.43. The van der Waals surface area contributed by atoms with Gasteiger partial charge in [-0.1, -0.05) is 30.3 Å². The first-order valence-electron chi connectivity index (χ1n) is 5.07. The second-order valence-electron chi connectivity index (χ2n) is 3.57. The molecule has 3 nitrogen and oxygen atoms in total. The fourth-order valence-corrected chi connectivity index (χ4v) is 1.60. The van der Waals surface area contributed by atoms with Gasteiger partial charge in [0.1, 0.15) is 5.71 Å². The van der Waals surface area contributed by atoms with Crippen molar-refractivity contribution in [1.82, 2.24) is 0 Å². The van der Waals surface area contributed by atoms with E-state index in [0.717, 1.165) is 6.42 Å². The molecule has 3 heteroatoms. The van der Waals surface area contributed by atoms with Crippen molar-refractivity contribution in [3.05, 3.63) is 35.9 Å². The Balaban J connectivity index is 1.94. The van der Waals surface area contributed by atoms with Gasteiger partial charge in [-0.25, -0.2) is 9.79 Å². The van der Waals surface area contributed by atoms with E-state index in [-0.39, 0.29) is 12.2 Å². The number of aliphatic imine (C=N–C) groups is 1. The molecule has 78 valence electrons. The zero-order valence-corrected chi connectivity index (χ0v) is 8.64. The molecule has 1 unspecified atom stereocenters. The van der Waals surface area contributed by atoms with Crippen molar-refractivity contribution in [2.24, 2.45) is 4.99 Å². The van der Waals surface area contributed by atoms with E-state index in [1.54, 1.807) is 6.92 Å². The maximum Gasteiger partial charge on any atom is 0.354 e. The summed E-state index contributed by atoms with van der Waals surface area (Å²) in [6, 6.07) is 10.1. The minimum atomic E-state index is -0.303. The molecule has 0 amide bonds. The number of hydrogen-bond donors (Lipinski definition) is 0. The van der Waals surface area contributed by atoms with Crippen LogP contribution in [0.1, 0.15) is 18.9 Å². The Morgan fingerprint density at radius 3 is 2.60 bits per heavy atom. The molecule has 0 fully saturated rings. The zero-order chi connectivity index (χ0) is 10.7. The van der Waals surface area contributed by atoms with Crippen LogP contribution in [0, 0.1) is 0 Å². The van der Waals surface area contributed by atoms with Gasteiger partial charge in [-0.2, -0.15) is 0 Å². The van der Waals surface area contributed by atoms with E-state index in [1.165, 1.54) is 5.56 Å². The predicted octanol–water partition coefficient (Wildman–Crippen LogP) is 1.96. The van der Waals surface area contributed by atoms with Crippen LogP contribution < -0.4 is 0 Å². The van der Waals surface area contributed by atoms with E-state index in [1.807, 2.05) is 30.3 Å². The van der Waals surface area contributed by atoms with Gasteiger partial charge < -0.3 is 4.74 Å². The third-order valence-corrected chi connectivity index (χ3v) is 2.34. The number of ether oxygens (including phenoxy) is 1. The van der Waals surface area contributed by atoms with Crippen molar-refractivity contribution in [1.29, 1.82) is 0 Å². The second-order valence-corrected chi connectivity index (χ2v) is 3.57. The summed E-state index contributed by atoms with van der Waals surface area (Å²) in [7, 11) is 0. The molecule has 2 rings (SSSR count). The number of rotatable bonds is 3. The summed E-state index contributed by atoms with van der Waals surface area (Å²) in [5.74, 6) is -0.265. The summed E-state index contributed by atoms with van der Waals surface area (Å²) in [5, 5.41) is 0. The van der Waals surface area contributed by atoms with Crippen LogP contribution in [-0.4, -0.2) is 17.9 Å². The van der Waals surface area contributed by atoms with Crippen LogP contribution in [0.15, 0.2) is 35.3 Å². The lowest BCUT2D eigenvalue weighted by molar-refractivity contribution is -0.136. The molecule has 0 saturated carbocycles. The van der Waals surface area contributed by atoms with Gasteiger partial charge in [-0.05, 0) is 18.9 Å². The summed E-state index contributed by atoms with van der Waals surface area (Å²) < 4.78 is 4.92. The monoisotopic (exact) mass is 203 g/mol. The summed E-state index contributed by atoms with van der Waals surface area (Å²) in [4.78, 5) is 15.4. The third-order valence-electron chi connectivity index (χ3n) is 2.34. The number of carbonyl (C=O) groups excluding carboxylic acids is 1. The Hall–Kier alpha value is -1.64. The molecule has 0 saturated heterocycles. The van der Waals surface area contributed by atoms with Gasteiger partial charge >= 0.3 is 5.97 Å². The number of hydrogen-bond acceptors (Lipinski definition) is 3. The van der Waals surface area contributed by atoms with E-state index in [9.17, 15) is 4.79 Å². The van der Waals surface area contributed by atoms with E-state index in [4.69, 9.17) is 4.74 Å². The number of carbonyl (C=O) groups is 1. The van der Waals surface area contributed by atoms with Gasteiger partial charge in [-0.15, -0.1) is 0 Å². The molecule has 0 aromatic heterocycles. The van der Waals surface area contributed by atoms with Gasteiger partial charge in [0.2, 0.25) is 0 Å².